The van der Waals surface area contributed by atoms with Crippen molar-refractivity contribution in [1.29, 1.82) is 0 Å². The minimum Gasteiger partial charge on any atom is -0.462 e. The molecule has 0 rings (SSSR count). The number of hydrogen-bond donors (Lipinski definition) is 3. The molecular formula is C87H148O17P2. The molecule has 5 unspecified atom stereocenters. The van der Waals surface area contributed by atoms with Crippen molar-refractivity contribution in [2.45, 2.75) is 354 Å². The van der Waals surface area contributed by atoms with E-state index in [0.29, 0.717) is 25.7 Å². The SMILES string of the molecule is CC/C=C\C/C=C\C/C=C\C/C=C\C/C=C\CC(=O)OC(COC(=O)CCCCCCCCC/C=C\C/C=C\C/C=C\CC)COP(=O)(O)OCC(O)COP(=O)(O)OCC(COC(=O)CCCCCCCC/C=C\C/C=C\C/C=C\CCCCC)OC(=O)CCCCCCCCCCCCCCCCC. The molecule has 0 aliphatic carbocycles. The average molecular weight is 1530 g/mol. The van der Waals surface area contributed by atoms with Crippen molar-refractivity contribution >= 4 is 39.5 Å². The van der Waals surface area contributed by atoms with Gasteiger partial charge in [-0.25, -0.2) is 9.13 Å². The topological polar surface area (TPSA) is 237 Å². The van der Waals surface area contributed by atoms with Crippen LogP contribution in [0.4, 0.5) is 0 Å². The second kappa shape index (κ2) is 78.3. The quantitative estimate of drug-likeness (QED) is 0.0169. The van der Waals surface area contributed by atoms with E-state index < -0.39 is 97.5 Å². The fraction of sp³-hybridized carbons (Fsp3) is 0.701. The van der Waals surface area contributed by atoms with Gasteiger partial charge in [-0.15, -0.1) is 0 Å². The van der Waals surface area contributed by atoms with Crippen LogP contribution in [0.5, 0.6) is 0 Å². The number of phosphoric ester groups is 2. The minimum atomic E-state index is -5.01. The van der Waals surface area contributed by atoms with E-state index in [0.717, 1.165) is 173 Å². The van der Waals surface area contributed by atoms with Gasteiger partial charge < -0.3 is 33.8 Å². The van der Waals surface area contributed by atoms with E-state index in [1.54, 1.807) is 12.2 Å². The Morgan fingerprint density at radius 1 is 0.283 bits per heavy atom. The van der Waals surface area contributed by atoms with E-state index in [9.17, 15) is 43.2 Å². The van der Waals surface area contributed by atoms with E-state index in [-0.39, 0.29) is 25.7 Å². The first kappa shape index (κ1) is 101. The van der Waals surface area contributed by atoms with Crippen molar-refractivity contribution in [3.05, 3.63) is 134 Å². The number of ether oxygens (including phenoxy) is 4. The third-order valence-corrected chi connectivity index (χ3v) is 19.0. The van der Waals surface area contributed by atoms with Crippen LogP contribution in [0.3, 0.4) is 0 Å². The van der Waals surface area contributed by atoms with Gasteiger partial charge in [-0.3, -0.25) is 37.3 Å². The van der Waals surface area contributed by atoms with E-state index >= 15 is 0 Å². The molecule has 0 aromatic rings. The first-order valence-electron chi connectivity index (χ1n) is 41.4. The molecule has 17 nitrogen and oxygen atoms in total. The molecule has 0 aromatic heterocycles. The summed E-state index contributed by atoms with van der Waals surface area (Å²) in [7, 11) is -10.00. The summed E-state index contributed by atoms with van der Waals surface area (Å²) in [5.41, 5.74) is 0. The number of rotatable bonds is 77. The summed E-state index contributed by atoms with van der Waals surface area (Å²) in [6, 6.07) is 0. The highest BCUT2D eigenvalue weighted by Gasteiger charge is 2.30. The minimum absolute atomic E-state index is 0.0907. The molecule has 0 radical (unpaired) electrons. The lowest BCUT2D eigenvalue weighted by Crippen LogP contribution is -2.30. The number of carbonyl (C=O) groups excluding carboxylic acids is 4. The number of aliphatic hydroxyl groups excluding tert-OH is 1. The van der Waals surface area contributed by atoms with Crippen molar-refractivity contribution in [3.63, 3.8) is 0 Å². The molecule has 0 amide bonds. The zero-order chi connectivity index (χ0) is 77.4. The van der Waals surface area contributed by atoms with Gasteiger partial charge in [0.05, 0.1) is 32.8 Å². The highest BCUT2D eigenvalue weighted by Crippen LogP contribution is 2.45. The lowest BCUT2D eigenvalue weighted by Gasteiger charge is -2.21. The Morgan fingerprint density at radius 3 is 0.858 bits per heavy atom. The van der Waals surface area contributed by atoms with Crippen molar-refractivity contribution in [2.75, 3.05) is 39.6 Å². The molecule has 0 bridgehead atoms. The van der Waals surface area contributed by atoms with Gasteiger partial charge in [0.15, 0.2) is 12.2 Å². The van der Waals surface area contributed by atoms with Crippen LogP contribution in [0.2, 0.25) is 0 Å². The molecule has 608 valence electrons. The molecule has 0 saturated heterocycles. The fourth-order valence-corrected chi connectivity index (χ4v) is 12.5. The number of esters is 4. The third kappa shape index (κ3) is 77.4. The van der Waals surface area contributed by atoms with Gasteiger partial charge in [-0.2, -0.15) is 0 Å². The predicted octanol–water partition coefficient (Wildman–Crippen LogP) is 24.4. The first-order chi connectivity index (χ1) is 51.7. The maximum absolute atomic E-state index is 13.1. The van der Waals surface area contributed by atoms with Crippen LogP contribution in [-0.4, -0.2) is 96.7 Å². The molecular weight excluding hydrogens is 1380 g/mol. The average Bonchev–Trinajstić information content (AvgIpc) is 0.902. The molecule has 0 saturated carbocycles. The van der Waals surface area contributed by atoms with E-state index in [1.807, 2.05) is 12.2 Å². The van der Waals surface area contributed by atoms with Gasteiger partial charge in [0.25, 0.3) is 0 Å². The van der Waals surface area contributed by atoms with Crippen LogP contribution in [0.25, 0.3) is 0 Å². The molecule has 5 atom stereocenters. The second-order valence-electron chi connectivity index (χ2n) is 27.3. The summed E-state index contributed by atoms with van der Waals surface area (Å²) in [4.78, 5) is 73.1. The van der Waals surface area contributed by atoms with Crippen molar-refractivity contribution in [2.24, 2.45) is 0 Å². The molecule has 0 aliphatic heterocycles. The van der Waals surface area contributed by atoms with Gasteiger partial charge in [-0.1, -0.05) is 322 Å². The molecule has 3 N–H and O–H groups in total. The van der Waals surface area contributed by atoms with E-state index in [2.05, 4.69) is 137 Å². The monoisotopic (exact) mass is 1530 g/mol. The van der Waals surface area contributed by atoms with E-state index in [1.165, 1.54) is 83.5 Å². The van der Waals surface area contributed by atoms with Gasteiger partial charge >= 0.3 is 39.5 Å². The molecule has 19 heteroatoms. The lowest BCUT2D eigenvalue weighted by molar-refractivity contribution is -0.161. The second-order valence-corrected chi connectivity index (χ2v) is 30.2. The lowest BCUT2D eigenvalue weighted by atomic mass is 10.0. The largest absolute Gasteiger partial charge is 0.472 e. The molecule has 0 aromatic carbocycles. The maximum atomic E-state index is 13.1. The number of hydrogen-bond acceptors (Lipinski definition) is 15. The molecule has 0 heterocycles. The van der Waals surface area contributed by atoms with Gasteiger partial charge in [0, 0.05) is 19.3 Å². The van der Waals surface area contributed by atoms with Crippen LogP contribution in [0, 0.1) is 0 Å². The van der Waals surface area contributed by atoms with Crippen molar-refractivity contribution in [3.8, 4) is 0 Å². The van der Waals surface area contributed by atoms with Crippen LogP contribution >= 0.6 is 15.6 Å². The third-order valence-electron chi connectivity index (χ3n) is 17.1. The van der Waals surface area contributed by atoms with Crippen molar-refractivity contribution in [1.82, 2.24) is 0 Å². The first-order valence-corrected chi connectivity index (χ1v) is 44.4. The van der Waals surface area contributed by atoms with Crippen LogP contribution < -0.4 is 0 Å². The van der Waals surface area contributed by atoms with Gasteiger partial charge in [0.1, 0.15) is 19.3 Å². The number of carbonyl (C=O) groups is 4. The van der Waals surface area contributed by atoms with Crippen LogP contribution in [0.1, 0.15) is 336 Å². The number of phosphoric acid groups is 2. The smallest absolute Gasteiger partial charge is 0.462 e. The standard InChI is InChI=1S/C87H148O17P2/c1-5-9-13-17-21-25-29-33-37-39-40-42-46-48-52-56-60-64-68-72-85(90)98-78-83(104-87(92)74-70-66-62-58-54-50-44-36-32-28-24-20-16-12-8-4)80-102-106(95,96)100-76-81(88)75-99-105(93,94)101-79-82(103-86(91)73-69-65-61-57-53-49-43-35-31-27-23-19-15-11-7-3)77-97-84(89)71-67-63-59-55-51-47-45-41-38-34-30-26-22-18-14-10-6-2/h10-11,14-15,21-23,25-27,33-35,37-38,40,42-43,53,57,65,69,81-83,88H,5-9,12-13,16-20,24,28-32,36,39,41,44-52,54-56,58-64,66-68,70-80H2,1-4H3,(H,93,94)(H,95,96)/b14-10-,15-11-,25-21-,26-22-,27-23-,37-33-,38-34-,42-40-,43-35-,57-53-,69-65-. The number of aliphatic hydroxyl groups is 1. The summed E-state index contributed by atoms with van der Waals surface area (Å²) in [6.07, 6.45) is 88.8. The van der Waals surface area contributed by atoms with Crippen molar-refractivity contribution < 1.29 is 80.2 Å². The Hall–Kier alpha value is -4.80. The Morgan fingerprint density at radius 2 is 0.528 bits per heavy atom. The normalized spacial score (nSPS) is 14.5. The molecule has 0 spiro atoms. The Labute approximate surface area is 644 Å². The zero-order valence-electron chi connectivity index (χ0n) is 66.6. The Bertz CT molecular complexity index is 2530. The van der Waals surface area contributed by atoms with Crippen LogP contribution in [0.15, 0.2) is 134 Å². The summed E-state index contributed by atoms with van der Waals surface area (Å²) < 4.78 is 68.6. The zero-order valence-corrected chi connectivity index (χ0v) is 68.4. The Balaban J connectivity index is 5.42. The maximum Gasteiger partial charge on any atom is 0.472 e. The molecule has 106 heavy (non-hydrogen) atoms. The number of unbranched alkanes of at least 4 members (excludes halogenated alkanes) is 30. The van der Waals surface area contributed by atoms with Crippen LogP contribution in [-0.2, 0) is 65.4 Å². The highest BCUT2D eigenvalue weighted by molar-refractivity contribution is 7.47. The summed E-state index contributed by atoms with van der Waals surface area (Å²) in [6.45, 7) is 4.52. The number of allylic oxidation sites excluding steroid dienone is 21. The molecule has 0 aliphatic rings. The van der Waals surface area contributed by atoms with Gasteiger partial charge in [-0.05, 0) is 122 Å². The summed E-state index contributed by atoms with van der Waals surface area (Å²) in [5.74, 6) is -2.34. The highest BCUT2D eigenvalue weighted by atomic mass is 31.2. The van der Waals surface area contributed by atoms with E-state index in [4.69, 9.17) is 37.0 Å². The summed E-state index contributed by atoms with van der Waals surface area (Å²) >= 11 is 0. The fourth-order valence-electron chi connectivity index (χ4n) is 10.9. The molecule has 0 fully saturated rings. The predicted molar refractivity (Wildman–Crippen MR) is 436 cm³/mol. The van der Waals surface area contributed by atoms with Gasteiger partial charge in [0.2, 0.25) is 0 Å². The summed E-state index contributed by atoms with van der Waals surface area (Å²) in [5, 5.41) is 10.7. The Kier molecular flexibility index (Phi) is 74.8.